The predicted molar refractivity (Wildman–Crippen MR) is 63.9 cm³/mol. The number of rotatable bonds is 2. The Hall–Kier alpha value is -2.01. The van der Waals surface area contributed by atoms with E-state index >= 15 is 0 Å². The third-order valence-electron chi connectivity index (χ3n) is 2.28. The Morgan fingerprint density at radius 1 is 1.44 bits per heavy atom. The van der Waals surface area contributed by atoms with Crippen LogP contribution in [0.2, 0.25) is 0 Å². The number of nitrogens with two attached hydrogens (primary N) is 1. The number of benzene rings is 1. The largest absolute Gasteiger partial charge is 0.399 e. The van der Waals surface area contributed by atoms with E-state index in [4.69, 9.17) is 5.73 Å². The maximum Gasteiger partial charge on any atom is 0.267 e. The van der Waals surface area contributed by atoms with E-state index in [-0.39, 0.29) is 5.91 Å². The molecule has 5 heteroatoms. The first-order chi connectivity index (χ1) is 7.58. The summed E-state index contributed by atoms with van der Waals surface area (Å²) in [5.74, 6) is -0.138. The van der Waals surface area contributed by atoms with Gasteiger partial charge < -0.3 is 10.7 Å². The van der Waals surface area contributed by atoms with E-state index in [2.05, 4.69) is 10.4 Å². The molecule has 0 saturated carbocycles. The van der Waals surface area contributed by atoms with Crippen molar-refractivity contribution in [3.8, 4) is 0 Å². The zero-order valence-corrected chi connectivity index (χ0v) is 9.24. The summed E-state index contributed by atoms with van der Waals surface area (Å²) in [6.07, 6.45) is 1.68. The van der Waals surface area contributed by atoms with Crippen molar-refractivity contribution >= 4 is 22.5 Å². The number of fused-ring (bicyclic) bond motifs is 1. The molecule has 5 nitrogen and oxygen atoms in total. The number of carbonyl (C=O) groups is 1. The second-order valence-electron chi connectivity index (χ2n) is 3.84. The first-order valence-corrected chi connectivity index (χ1v) is 4.93. The first-order valence-electron chi connectivity index (χ1n) is 4.93. The lowest BCUT2D eigenvalue weighted by Crippen LogP contribution is -2.35. The van der Waals surface area contributed by atoms with Gasteiger partial charge in [0.1, 0.15) is 0 Å². The lowest BCUT2D eigenvalue weighted by atomic mass is 10.1. The number of amides is 1. The molecule has 0 spiro atoms. The van der Waals surface area contributed by atoms with Crippen LogP contribution in [0.5, 0.6) is 0 Å². The second-order valence-corrected chi connectivity index (χ2v) is 3.84. The van der Waals surface area contributed by atoms with Crippen LogP contribution in [-0.4, -0.2) is 30.0 Å². The smallest absolute Gasteiger partial charge is 0.267 e. The van der Waals surface area contributed by atoms with Crippen LogP contribution in [0.1, 0.15) is 10.4 Å². The molecule has 0 saturated heterocycles. The highest BCUT2D eigenvalue weighted by atomic mass is 16.2. The van der Waals surface area contributed by atoms with E-state index in [0.717, 1.165) is 10.9 Å². The van der Waals surface area contributed by atoms with Gasteiger partial charge in [-0.25, -0.2) is 5.01 Å². The minimum Gasteiger partial charge on any atom is -0.399 e. The molecular weight excluding hydrogens is 204 g/mol. The first kappa shape index (κ1) is 10.5. The minimum atomic E-state index is -0.138. The number of aromatic amines is 1. The summed E-state index contributed by atoms with van der Waals surface area (Å²) in [6, 6.07) is 5.43. The normalized spacial score (nSPS) is 10.9. The number of nitrogen functional groups attached to an aromatic ring is 1. The van der Waals surface area contributed by atoms with Gasteiger partial charge in [-0.2, -0.15) is 0 Å². The number of hydrogen-bond donors (Lipinski definition) is 3. The monoisotopic (exact) mass is 218 g/mol. The Morgan fingerprint density at radius 2 is 2.19 bits per heavy atom. The van der Waals surface area contributed by atoms with Crippen LogP contribution in [0.4, 0.5) is 5.69 Å². The third kappa shape index (κ3) is 1.85. The van der Waals surface area contributed by atoms with Gasteiger partial charge in [-0.05, 0) is 18.2 Å². The van der Waals surface area contributed by atoms with Crippen molar-refractivity contribution < 1.29 is 4.79 Å². The van der Waals surface area contributed by atoms with Crippen molar-refractivity contribution in [2.45, 2.75) is 0 Å². The van der Waals surface area contributed by atoms with Gasteiger partial charge >= 0.3 is 0 Å². The highest BCUT2D eigenvalue weighted by Crippen LogP contribution is 2.20. The van der Waals surface area contributed by atoms with E-state index in [0.29, 0.717) is 11.3 Å². The molecule has 1 aromatic heterocycles. The molecule has 16 heavy (non-hydrogen) atoms. The van der Waals surface area contributed by atoms with Crippen molar-refractivity contribution in [1.29, 1.82) is 0 Å². The van der Waals surface area contributed by atoms with Crippen LogP contribution >= 0.6 is 0 Å². The van der Waals surface area contributed by atoms with Gasteiger partial charge in [-0.1, -0.05) is 0 Å². The van der Waals surface area contributed by atoms with Crippen LogP contribution in [0, 0.1) is 0 Å². The summed E-state index contributed by atoms with van der Waals surface area (Å²) in [4.78, 5) is 14.8. The van der Waals surface area contributed by atoms with Crippen molar-refractivity contribution in [3.05, 3.63) is 30.0 Å². The fourth-order valence-electron chi connectivity index (χ4n) is 1.59. The van der Waals surface area contributed by atoms with Crippen molar-refractivity contribution in [2.24, 2.45) is 0 Å². The molecule has 1 aromatic carbocycles. The highest BCUT2D eigenvalue weighted by molar-refractivity contribution is 6.06. The lowest BCUT2D eigenvalue weighted by Gasteiger charge is -2.10. The molecule has 0 aliphatic carbocycles. The Kier molecular flexibility index (Phi) is 2.54. The van der Waals surface area contributed by atoms with Crippen LogP contribution in [-0.2, 0) is 0 Å². The van der Waals surface area contributed by atoms with E-state index < -0.39 is 0 Å². The molecule has 0 unspecified atom stereocenters. The topological polar surface area (TPSA) is 74.2 Å². The summed E-state index contributed by atoms with van der Waals surface area (Å²) in [7, 11) is 3.54. The van der Waals surface area contributed by atoms with Gasteiger partial charge in [0.25, 0.3) is 5.91 Å². The van der Waals surface area contributed by atoms with Crippen molar-refractivity contribution in [1.82, 2.24) is 15.4 Å². The minimum absolute atomic E-state index is 0.138. The molecule has 0 atom stereocenters. The molecule has 0 aliphatic rings. The molecule has 2 aromatic rings. The number of anilines is 1. The number of nitrogens with zero attached hydrogens (tertiary/aromatic N) is 1. The molecule has 4 N–H and O–H groups in total. The molecule has 1 amide bonds. The molecule has 2 rings (SSSR count). The Morgan fingerprint density at radius 3 is 2.88 bits per heavy atom. The highest BCUT2D eigenvalue weighted by Gasteiger charge is 2.11. The van der Waals surface area contributed by atoms with E-state index in [9.17, 15) is 4.79 Å². The van der Waals surface area contributed by atoms with E-state index in [1.807, 2.05) is 12.1 Å². The van der Waals surface area contributed by atoms with Gasteiger partial charge in [0.2, 0.25) is 0 Å². The van der Waals surface area contributed by atoms with Gasteiger partial charge in [-0.15, -0.1) is 0 Å². The predicted octanol–water partition coefficient (Wildman–Crippen LogP) is 0.956. The van der Waals surface area contributed by atoms with Crippen LogP contribution in [0.15, 0.2) is 24.4 Å². The molecule has 0 aliphatic heterocycles. The number of hydrogen-bond acceptors (Lipinski definition) is 3. The molecule has 84 valence electrons. The SMILES string of the molecule is CN(C)NC(=O)c1c[nH]c2cc(N)ccc12. The lowest BCUT2D eigenvalue weighted by molar-refractivity contribution is 0.0859. The van der Waals surface area contributed by atoms with E-state index in [1.165, 1.54) is 0 Å². The number of carbonyl (C=O) groups excluding carboxylic acids is 1. The maximum atomic E-state index is 11.8. The fourth-order valence-corrected chi connectivity index (χ4v) is 1.59. The van der Waals surface area contributed by atoms with Crippen LogP contribution < -0.4 is 11.2 Å². The molecular formula is C11H14N4O. The van der Waals surface area contributed by atoms with Crippen LogP contribution in [0.3, 0.4) is 0 Å². The van der Waals surface area contributed by atoms with Gasteiger partial charge in [0, 0.05) is 36.9 Å². The molecule has 0 bridgehead atoms. The van der Waals surface area contributed by atoms with Crippen molar-refractivity contribution in [3.63, 3.8) is 0 Å². The Balaban J connectivity index is 2.42. The third-order valence-corrected chi connectivity index (χ3v) is 2.28. The summed E-state index contributed by atoms with van der Waals surface area (Å²) < 4.78 is 0. The Labute approximate surface area is 93.2 Å². The molecule has 0 fully saturated rings. The van der Waals surface area contributed by atoms with Gasteiger partial charge in [-0.3, -0.25) is 10.2 Å². The number of hydrazine groups is 1. The van der Waals surface area contributed by atoms with Gasteiger partial charge in [0.15, 0.2) is 0 Å². The number of H-pyrrole nitrogens is 1. The average molecular weight is 218 g/mol. The molecule has 1 heterocycles. The number of aromatic nitrogens is 1. The standard InChI is InChI=1S/C11H14N4O/c1-15(2)14-11(16)9-6-13-10-5-7(12)3-4-8(9)10/h3-6,13H,12H2,1-2H3,(H,14,16). The maximum absolute atomic E-state index is 11.8. The van der Waals surface area contributed by atoms with Gasteiger partial charge in [0.05, 0.1) is 5.56 Å². The fraction of sp³-hybridized carbons (Fsp3) is 0.182. The molecule has 0 radical (unpaired) electrons. The summed E-state index contributed by atoms with van der Waals surface area (Å²) in [5, 5.41) is 2.48. The second kappa shape index (κ2) is 3.86. The van der Waals surface area contributed by atoms with Crippen LogP contribution in [0.25, 0.3) is 10.9 Å². The summed E-state index contributed by atoms with van der Waals surface area (Å²) in [6.45, 7) is 0. The summed E-state index contributed by atoms with van der Waals surface area (Å²) >= 11 is 0. The average Bonchev–Trinajstić information content (AvgIpc) is 2.59. The Bertz CT molecular complexity index is 530. The zero-order valence-electron chi connectivity index (χ0n) is 9.24. The number of nitrogens with one attached hydrogen (secondary N) is 2. The quantitative estimate of drug-likeness (QED) is 0.519. The summed E-state index contributed by atoms with van der Waals surface area (Å²) in [5.41, 5.74) is 10.5. The van der Waals surface area contributed by atoms with E-state index in [1.54, 1.807) is 31.4 Å². The van der Waals surface area contributed by atoms with Crippen molar-refractivity contribution in [2.75, 3.05) is 19.8 Å². The zero-order chi connectivity index (χ0) is 11.7.